The minimum atomic E-state index is -4.78. The SMILES string of the molecule is O=P([O-])([O-])c1ccc(-c2ccc(P(=O)([O-])[O-])cc2)cc1.[Zr+2].[Zr+2]. The average molecular weight is 493 g/mol. The van der Waals surface area contributed by atoms with Crippen LogP contribution < -0.4 is 30.2 Å². The van der Waals surface area contributed by atoms with Gasteiger partial charge in [0.25, 0.3) is 0 Å². The molecule has 0 radical (unpaired) electrons. The van der Waals surface area contributed by atoms with Crippen LogP contribution in [0.3, 0.4) is 0 Å². The van der Waals surface area contributed by atoms with Crippen LogP contribution in [0.15, 0.2) is 48.5 Å². The number of hydrogen-bond donors (Lipinski definition) is 0. The van der Waals surface area contributed by atoms with Crippen molar-refractivity contribution in [2.24, 2.45) is 0 Å². The number of rotatable bonds is 3. The van der Waals surface area contributed by atoms with E-state index < -0.39 is 15.2 Å². The molecule has 0 saturated heterocycles. The maximum Gasteiger partial charge on any atom is 2.00 e. The fourth-order valence-electron chi connectivity index (χ4n) is 1.67. The fourth-order valence-corrected chi connectivity index (χ4v) is 2.70. The predicted octanol–water partition coefficient (Wildman–Crippen LogP) is -1.57. The van der Waals surface area contributed by atoms with E-state index in [4.69, 9.17) is 0 Å². The van der Waals surface area contributed by atoms with Crippen molar-refractivity contribution in [2.75, 3.05) is 0 Å². The first-order chi connectivity index (χ1) is 9.18. The summed E-state index contributed by atoms with van der Waals surface area (Å²) in [5.41, 5.74) is 1.20. The van der Waals surface area contributed by atoms with Gasteiger partial charge >= 0.3 is 52.4 Å². The Morgan fingerprint density at radius 3 is 0.955 bits per heavy atom. The van der Waals surface area contributed by atoms with E-state index >= 15 is 0 Å². The molecular formula is C12H8O6P2Zr2. The molecule has 0 heterocycles. The Morgan fingerprint density at radius 1 is 0.545 bits per heavy atom. The minimum Gasteiger partial charge on any atom is -0.807 e. The molecule has 6 nitrogen and oxygen atoms in total. The molecule has 0 N–H and O–H groups in total. The summed E-state index contributed by atoms with van der Waals surface area (Å²) in [6.45, 7) is 0. The zero-order valence-electron chi connectivity index (χ0n) is 11.0. The molecule has 0 saturated carbocycles. The van der Waals surface area contributed by atoms with Crippen LogP contribution in [0, 0.1) is 0 Å². The van der Waals surface area contributed by atoms with Gasteiger partial charge in [0, 0.05) is 0 Å². The second-order valence-electron chi connectivity index (χ2n) is 4.09. The van der Waals surface area contributed by atoms with Gasteiger partial charge in [-0.2, -0.15) is 0 Å². The predicted molar refractivity (Wildman–Crippen MR) is 66.4 cm³/mol. The molecule has 0 spiro atoms. The van der Waals surface area contributed by atoms with Gasteiger partial charge in [0.1, 0.15) is 0 Å². The van der Waals surface area contributed by atoms with Gasteiger partial charge in [-0.3, -0.25) is 0 Å². The molecule has 110 valence electrons. The first-order valence-electron chi connectivity index (χ1n) is 5.44. The Morgan fingerprint density at radius 2 is 0.773 bits per heavy atom. The van der Waals surface area contributed by atoms with Crippen LogP contribution in [-0.2, 0) is 61.5 Å². The molecule has 0 amide bonds. The molecule has 0 atom stereocenters. The molecule has 0 aromatic heterocycles. The van der Waals surface area contributed by atoms with Gasteiger partial charge in [-0.25, -0.2) is 0 Å². The third-order valence-corrected chi connectivity index (χ3v) is 4.56. The van der Waals surface area contributed by atoms with Gasteiger partial charge in [-0.15, -0.1) is 0 Å². The van der Waals surface area contributed by atoms with Gasteiger partial charge in [-0.1, -0.05) is 48.5 Å². The van der Waals surface area contributed by atoms with Crippen molar-refractivity contribution in [3.05, 3.63) is 48.5 Å². The summed E-state index contributed by atoms with van der Waals surface area (Å²) in [6, 6.07) is 10.4. The first kappa shape index (κ1) is 22.5. The zero-order valence-corrected chi connectivity index (χ0v) is 17.7. The van der Waals surface area contributed by atoms with Crippen molar-refractivity contribution < 1.29 is 81.1 Å². The molecule has 2 rings (SSSR count). The Balaban J connectivity index is 0.00000220. The van der Waals surface area contributed by atoms with Crippen LogP contribution >= 0.6 is 15.2 Å². The zero-order chi connectivity index (χ0) is 15.0. The van der Waals surface area contributed by atoms with Gasteiger partial charge in [0.05, 0.1) is 0 Å². The van der Waals surface area contributed by atoms with Crippen molar-refractivity contribution >= 4 is 25.8 Å². The molecule has 2 aromatic carbocycles. The standard InChI is InChI=1S/C12H12O6P2.2Zr/c13-19(14,15)11-5-1-9(2-6-11)10-3-7-12(8-4-10)20(16,17)18;;/h1-8H,(H2,13,14,15)(H2,16,17,18);;/q;2*+2/p-4. The quantitative estimate of drug-likeness (QED) is 0.477. The van der Waals surface area contributed by atoms with E-state index in [0.717, 1.165) is 0 Å². The topological polar surface area (TPSA) is 126 Å². The van der Waals surface area contributed by atoms with E-state index in [1.807, 2.05) is 0 Å². The Bertz CT molecular complexity index is 642. The molecule has 0 aliphatic rings. The molecule has 22 heavy (non-hydrogen) atoms. The van der Waals surface area contributed by atoms with E-state index in [2.05, 4.69) is 0 Å². The second-order valence-corrected chi connectivity index (χ2v) is 7.11. The molecule has 2 aromatic rings. The van der Waals surface area contributed by atoms with Crippen LogP contribution in [0.1, 0.15) is 0 Å². The summed E-state index contributed by atoms with van der Waals surface area (Å²) in [4.78, 5) is 43.2. The summed E-state index contributed by atoms with van der Waals surface area (Å²) in [6.07, 6.45) is 0. The van der Waals surface area contributed by atoms with E-state index in [1.165, 1.54) is 48.5 Å². The van der Waals surface area contributed by atoms with Gasteiger partial charge < -0.3 is 28.7 Å². The number of benzene rings is 2. The van der Waals surface area contributed by atoms with Crippen LogP contribution in [0.2, 0.25) is 0 Å². The van der Waals surface area contributed by atoms with Crippen molar-refractivity contribution in [3.63, 3.8) is 0 Å². The maximum absolute atomic E-state index is 10.8. The molecular weight excluding hydrogens is 485 g/mol. The van der Waals surface area contributed by atoms with E-state index in [9.17, 15) is 28.7 Å². The molecule has 0 aliphatic heterocycles. The van der Waals surface area contributed by atoms with Gasteiger partial charge in [0.15, 0.2) is 0 Å². The first-order valence-corrected chi connectivity index (χ1v) is 8.52. The smallest absolute Gasteiger partial charge is 0.807 e. The fraction of sp³-hybridized carbons (Fsp3) is 0. The van der Waals surface area contributed by atoms with Crippen LogP contribution in [-0.4, -0.2) is 0 Å². The van der Waals surface area contributed by atoms with E-state index in [-0.39, 0.29) is 63.0 Å². The number of hydrogen-bond acceptors (Lipinski definition) is 6. The molecule has 0 unspecified atom stereocenters. The van der Waals surface area contributed by atoms with Crippen molar-refractivity contribution in [1.29, 1.82) is 0 Å². The Hall–Kier alpha value is 0.506. The summed E-state index contributed by atoms with van der Waals surface area (Å²) < 4.78 is 21.6. The minimum absolute atomic E-state index is 0. The van der Waals surface area contributed by atoms with Crippen molar-refractivity contribution in [2.45, 2.75) is 0 Å². The maximum atomic E-state index is 10.8. The molecule has 10 heteroatoms. The largest absolute Gasteiger partial charge is 2.00 e. The monoisotopic (exact) mass is 490 g/mol. The summed E-state index contributed by atoms with van der Waals surface area (Å²) in [7, 11) is -9.56. The normalized spacial score (nSPS) is 11.3. The van der Waals surface area contributed by atoms with E-state index in [0.29, 0.717) is 11.1 Å². The van der Waals surface area contributed by atoms with Gasteiger partial charge in [0.2, 0.25) is 0 Å². The summed E-state index contributed by atoms with van der Waals surface area (Å²) in [5.74, 6) is 0. The van der Waals surface area contributed by atoms with Crippen molar-refractivity contribution in [3.8, 4) is 11.1 Å². The van der Waals surface area contributed by atoms with Gasteiger partial charge in [-0.05, 0) is 36.9 Å². The van der Waals surface area contributed by atoms with Crippen LogP contribution in [0.5, 0.6) is 0 Å². The van der Waals surface area contributed by atoms with Crippen LogP contribution in [0.4, 0.5) is 0 Å². The third-order valence-electron chi connectivity index (χ3n) is 2.70. The molecule has 0 aliphatic carbocycles. The third kappa shape index (κ3) is 5.85. The average Bonchev–Trinajstić information content (AvgIpc) is 2.37. The molecule has 0 fully saturated rings. The van der Waals surface area contributed by atoms with Crippen molar-refractivity contribution in [1.82, 2.24) is 0 Å². The summed E-state index contributed by atoms with van der Waals surface area (Å²) in [5, 5.41) is -0.636. The second kappa shape index (κ2) is 8.56. The summed E-state index contributed by atoms with van der Waals surface area (Å²) >= 11 is 0. The Labute approximate surface area is 165 Å². The molecule has 0 bridgehead atoms. The van der Waals surface area contributed by atoms with E-state index in [1.54, 1.807) is 0 Å². The Kier molecular flexibility index (Phi) is 8.76. The van der Waals surface area contributed by atoms with Crippen LogP contribution in [0.25, 0.3) is 11.1 Å².